The Kier molecular flexibility index (Phi) is 4.43. The van der Waals surface area contributed by atoms with Gasteiger partial charge in [0.25, 0.3) is 0 Å². The lowest BCUT2D eigenvalue weighted by atomic mass is 9.43. The van der Waals surface area contributed by atoms with Crippen LogP contribution in [0.3, 0.4) is 0 Å². The van der Waals surface area contributed by atoms with Gasteiger partial charge in [-0.3, -0.25) is 0 Å². The molecule has 0 aromatic heterocycles. The number of hydrogen-bond donors (Lipinski definition) is 1. The number of nitrogens with one attached hydrogen (secondary N) is 1. The second kappa shape index (κ2) is 5.87. The molecule has 21 heavy (non-hydrogen) atoms. The summed E-state index contributed by atoms with van der Waals surface area (Å²) >= 11 is 0. The summed E-state index contributed by atoms with van der Waals surface area (Å²) in [6.07, 6.45) is 13.2. The van der Waals surface area contributed by atoms with Gasteiger partial charge in [-0.2, -0.15) is 0 Å². The molecule has 4 atom stereocenters. The van der Waals surface area contributed by atoms with Gasteiger partial charge >= 0.3 is 0 Å². The summed E-state index contributed by atoms with van der Waals surface area (Å²) in [4.78, 5) is 0. The van der Waals surface area contributed by atoms with Gasteiger partial charge in [-0.25, -0.2) is 0 Å². The first-order chi connectivity index (χ1) is 9.98. The van der Waals surface area contributed by atoms with Crippen molar-refractivity contribution in [1.82, 2.24) is 5.32 Å². The standard InChI is InChI=1S/C20H37N/c1-5-7-21-18(8-15(3)6-2)20-12-16-9-17(13-20)11-19(4,10-16)14-20/h15-18,21H,5-14H2,1-4H3. The van der Waals surface area contributed by atoms with E-state index in [0.717, 1.165) is 23.8 Å². The van der Waals surface area contributed by atoms with Crippen molar-refractivity contribution in [3.63, 3.8) is 0 Å². The first-order valence-electron chi connectivity index (χ1n) is 9.72. The fraction of sp³-hybridized carbons (Fsp3) is 1.00. The third-order valence-electron chi connectivity index (χ3n) is 7.11. The van der Waals surface area contributed by atoms with Gasteiger partial charge in [-0.1, -0.05) is 34.1 Å². The van der Waals surface area contributed by atoms with E-state index >= 15 is 0 Å². The van der Waals surface area contributed by atoms with Crippen LogP contribution in [0.4, 0.5) is 0 Å². The molecule has 1 N–H and O–H groups in total. The molecular weight excluding hydrogens is 254 g/mol. The lowest BCUT2D eigenvalue weighted by Gasteiger charge is -2.64. The molecule has 0 aliphatic heterocycles. The van der Waals surface area contributed by atoms with Gasteiger partial charge in [0, 0.05) is 6.04 Å². The monoisotopic (exact) mass is 291 g/mol. The number of rotatable bonds is 7. The van der Waals surface area contributed by atoms with E-state index in [2.05, 4.69) is 33.0 Å². The lowest BCUT2D eigenvalue weighted by molar-refractivity contribution is -0.120. The second-order valence-electron chi connectivity index (χ2n) is 9.39. The highest BCUT2D eigenvalue weighted by Crippen LogP contribution is 2.66. The van der Waals surface area contributed by atoms with E-state index in [4.69, 9.17) is 0 Å². The maximum absolute atomic E-state index is 4.01. The molecule has 0 spiro atoms. The van der Waals surface area contributed by atoms with E-state index in [0.29, 0.717) is 10.8 Å². The third-order valence-corrected chi connectivity index (χ3v) is 7.11. The Morgan fingerprint density at radius 1 is 1.10 bits per heavy atom. The quantitative estimate of drug-likeness (QED) is 0.662. The Labute approximate surface area is 132 Å². The van der Waals surface area contributed by atoms with E-state index in [1.54, 1.807) is 6.42 Å². The minimum atomic E-state index is 0.650. The molecule has 4 bridgehead atoms. The molecule has 1 heteroatoms. The highest BCUT2D eigenvalue weighted by molar-refractivity contribution is 5.10. The van der Waals surface area contributed by atoms with E-state index in [9.17, 15) is 0 Å². The van der Waals surface area contributed by atoms with Gasteiger partial charge in [-0.15, -0.1) is 0 Å². The molecule has 0 radical (unpaired) electrons. The minimum absolute atomic E-state index is 0.650. The lowest BCUT2D eigenvalue weighted by Crippen LogP contribution is -2.59. The van der Waals surface area contributed by atoms with Crippen molar-refractivity contribution in [2.45, 2.75) is 91.5 Å². The summed E-state index contributed by atoms with van der Waals surface area (Å²) in [5.74, 6) is 2.98. The van der Waals surface area contributed by atoms with Crippen LogP contribution in [0.5, 0.6) is 0 Å². The zero-order valence-electron chi connectivity index (χ0n) is 14.9. The number of hydrogen-bond acceptors (Lipinski definition) is 1. The van der Waals surface area contributed by atoms with Gasteiger partial charge in [0.1, 0.15) is 0 Å². The summed E-state index contributed by atoms with van der Waals surface area (Å²) in [5, 5.41) is 4.01. The van der Waals surface area contributed by atoms with Crippen molar-refractivity contribution in [3.05, 3.63) is 0 Å². The van der Waals surface area contributed by atoms with Crippen molar-refractivity contribution in [1.29, 1.82) is 0 Å². The molecule has 4 aliphatic carbocycles. The normalized spacial score (nSPS) is 44.0. The molecule has 0 saturated heterocycles. The van der Waals surface area contributed by atoms with Crippen molar-refractivity contribution >= 4 is 0 Å². The molecule has 4 fully saturated rings. The second-order valence-corrected chi connectivity index (χ2v) is 9.39. The molecule has 0 aromatic carbocycles. The van der Waals surface area contributed by atoms with Crippen molar-refractivity contribution in [3.8, 4) is 0 Å². The fourth-order valence-corrected chi connectivity index (χ4v) is 6.64. The predicted octanol–water partition coefficient (Wildman–Crippen LogP) is 5.40. The zero-order valence-corrected chi connectivity index (χ0v) is 14.9. The molecule has 0 heterocycles. The van der Waals surface area contributed by atoms with E-state index in [-0.39, 0.29) is 0 Å². The van der Waals surface area contributed by atoms with Gasteiger partial charge in [0.2, 0.25) is 0 Å². The van der Waals surface area contributed by atoms with Crippen LogP contribution in [0.1, 0.15) is 85.5 Å². The highest BCUT2D eigenvalue weighted by Gasteiger charge is 2.58. The molecule has 4 unspecified atom stereocenters. The van der Waals surface area contributed by atoms with Gasteiger partial charge in [0.05, 0.1) is 0 Å². The summed E-state index contributed by atoms with van der Waals surface area (Å²) in [7, 11) is 0. The van der Waals surface area contributed by atoms with E-state index < -0.39 is 0 Å². The van der Waals surface area contributed by atoms with Gasteiger partial charge in [-0.05, 0) is 86.5 Å². The first-order valence-corrected chi connectivity index (χ1v) is 9.72. The Hall–Kier alpha value is -0.0400. The largest absolute Gasteiger partial charge is 0.313 e. The molecule has 4 rings (SSSR count). The fourth-order valence-electron chi connectivity index (χ4n) is 6.64. The summed E-state index contributed by atoms with van der Waals surface area (Å²) in [6.45, 7) is 11.0. The Balaban J connectivity index is 1.80. The summed E-state index contributed by atoms with van der Waals surface area (Å²) in [6, 6.07) is 0.789. The maximum atomic E-state index is 4.01. The minimum Gasteiger partial charge on any atom is -0.313 e. The molecule has 122 valence electrons. The maximum Gasteiger partial charge on any atom is 0.0126 e. The summed E-state index contributed by atoms with van der Waals surface area (Å²) in [5.41, 5.74) is 1.34. The van der Waals surface area contributed by atoms with Crippen LogP contribution >= 0.6 is 0 Å². The van der Waals surface area contributed by atoms with Crippen LogP contribution in [0.2, 0.25) is 0 Å². The first kappa shape index (κ1) is 15.8. The average molecular weight is 292 g/mol. The smallest absolute Gasteiger partial charge is 0.0126 e. The Bertz CT molecular complexity index is 347. The van der Waals surface area contributed by atoms with Crippen LogP contribution in [0.25, 0.3) is 0 Å². The third kappa shape index (κ3) is 3.05. The van der Waals surface area contributed by atoms with Gasteiger partial charge in [0.15, 0.2) is 0 Å². The van der Waals surface area contributed by atoms with Crippen LogP contribution in [0, 0.1) is 28.6 Å². The van der Waals surface area contributed by atoms with Crippen LogP contribution in [-0.2, 0) is 0 Å². The molecule has 0 aromatic rings. The van der Waals surface area contributed by atoms with E-state index in [1.165, 1.54) is 57.9 Å². The predicted molar refractivity (Wildman–Crippen MR) is 91.4 cm³/mol. The summed E-state index contributed by atoms with van der Waals surface area (Å²) < 4.78 is 0. The Morgan fingerprint density at radius 2 is 1.76 bits per heavy atom. The zero-order chi connectivity index (χ0) is 15.1. The van der Waals surface area contributed by atoms with Crippen molar-refractivity contribution in [2.24, 2.45) is 28.6 Å². The SMILES string of the molecule is CCCNC(CC(C)CC)C12CC3CC(CC(C)(C3)C1)C2. The molecule has 1 nitrogen and oxygen atoms in total. The molecule has 0 amide bonds. The van der Waals surface area contributed by atoms with Gasteiger partial charge < -0.3 is 5.32 Å². The highest BCUT2D eigenvalue weighted by atomic mass is 14.9. The topological polar surface area (TPSA) is 12.0 Å². The Morgan fingerprint density at radius 3 is 2.29 bits per heavy atom. The van der Waals surface area contributed by atoms with E-state index in [1.807, 2.05) is 0 Å². The van der Waals surface area contributed by atoms with Crippen LogP contribution in [0.15, 0.2) is 0 Å². The molecule has 4 aliphatic rings. The van der Waals surface area contributed by atoms with Crippen molar-refractivity contribution < 1.29 is 0 Å². The average Bonchev–Trinajstić information content (AvgIpc) is 2.40. The molecular formula is C20H37N. The van der Waals surface area contributed by atoms with Crippen LogP contribution < -0.4 is 5.32 Å². The molecule has 4 saturated carbocycles. The van der Waals surface area contributed by atoms with Crippen LogP contribution in [-0.4, -0.2) is 12.6 Å². The van der Waals surface area contributed by atoms with Crippen molar-refractivity contribution in [2.75, 3.05) is 6.54 Å².